The second kappa shape index (κ2) is 9.47. The van der Waals surface area contributed by atoms with E-state index < -0.39 is 75.1 Å². The zero-order valence-electron chi connectivity index (χ0n) is 17.5. The van der Waals surface area contributed by atoms with E-state index in [1.54, 1.807) is 0 Å². The molecule has 0 N–H and O–H groups in total. The highest BCUT2D eigenvalue weighted by atomic mass is 28.4. The minimum atomic E-state index is -7.49. The first kappa shape index (κ1) is 31.2. The molecule has 16 heteroatoms. The summed E-state index contributed by atoms with van der Waals surface area (Å²) in [5.41, 5.74) is -6.21. The van der Waals surface area contributed by atoms with Crippen molar-refractivity contribution in [3.63, 3.8) is 0 Å². The molecule has 0 aromatic rings. The molecule has 194 valence electrons. The topological polar surface area (TPSA) is 18.5 Å². The SMILES string of the molecule is CC[Si](OC(C)C)(OC(C)C)C(F)(F)C(F)(F)C(F)(F)C(F)(F)C(F)(F)CCC(F)(F)F. The molecule has 0 rings (SSSR count). The molecular formula is C16H23F13O2Si. The highest BCUT2D eigenvalue weighted by molar-refractivity contribution is 6.70. The van der Waals surface area contributed by atoms with E-state index in [0.717, 1.165) is 34.6 Å². The zero-order chi connectivity index (χ0) is 26.2. The Morgan fingerprint density at radius 1 is 0.594 bits per heavy atom. The van der Waals surface area contributed by atoms with Gasteiger partial charge in [0.2, 0.25) is 0 Å². The first-order valence-corrected chi connectivity index (χ1v) is 11.2. The van der Waals surface area contributed by atoms with Gasteiger partial charge in [0.1, 0.15) is 0 Å². The van der Waals surface area contributed by atoms with E-state index in [9.17, 15) is 57.1 Å². The number of halogens is 13. The summed E-state index contributed by atoms with van der Waals surface area (Å²) in [5.74, 6) is -28.4. The molecule has 0 saturated carbocycles. The van der Waals surface area contributed by atoms with Crippen LogP contribution in [-0.2, 0) is 8.85 Å². The number of hydrogen-bond acceptors (Lipinski definition) is 2. The average Bonchev–Trinajstić information content (AvgIpc) is 2.57. The van der Waals surface area contributed by atoms with E-state index in [2.05, 4.69) is 0 Å². The van der Waals surface area contributed by atoms with Gasteiger partial charge in [-0.25, -0.2) is 0 Å². The minimum absolute atomic E-state index is 0.759. The van der Waals surface area contributed by atoms with Gasteiger partial charge in [0.05, 0.1) is 0 Å². The first-order valence-electron chi connectivity index (χ1n) is 9.16. The lowest BCUT2D eigenvalue weighted by Gasteiger charge is -2.45. The summed E-state index contributed by atoms with van der Waals surface area (Å²) in [4.78, 5) is 0. The molecule has 0 fully saturated rings. The summed E-state index contributed by atoms with van der Waals surface area (Å²) in [6, 6.07) is -1.18. The molecule has 0 atom stereocenters. The third-order valence-corrected chi connectivity index (χ3v) is 8.07. The summed E-state index contributed by atoms with van der Waals surface area (Å²) in [6.45, 7) is 4.84. The summed E-state index contributed by atoms with van der Waals surface area (Å²) in [5, 5.41) is 0. The summed E-state index contributed by atoms with van der Waals surface area (Å²) in [6.07, 6.45) is -14.0. The maximum atomic E-state index is 14.9. The number of hydrogen-bond donors (Lipinski definition) is 0. The lowest BCUT2D eigenvalue weighted by atomic mass is 9.95. The van der Waals surface area contributed by atoms with E-state index in [-0.39, 0.29) is 0 Å². The van der Waals surface area contributed by atoms with Crippen molar-refractivity contribution in [2.75, 3.05) is 0 Å². The molecular weight excluding hydrogens is 499 g/mol. The smallest absolute Gasteiger partial charge is 0.388 e. The van der Waals surface area contributed by atoms with E-state index in [0.29, 0.717) is 0 Å². The van der Waals surface area contributed by atoms with Crippen molar-refractivity contribution in [1.29, 1.82) is 0 Å². The molecule has 0 heterocycles. The molecule has 0 saturated heterocycles. The summed E-state index contributed by atoms with van der Waals surface area (Å²) >= 11 is 0. The van der Waals surface area contributed by atoms with Crippen molar-refractivity contribution < 1.29 is 65.9 Å². The van der Waals surface area contributed by atoms with Gasteiger partial charge in [0, 0.05) is 25.0 Å². The van der Waals surface area contributed by atoms with Crippen molar-refractivity contribution in [2.45, 2.75) is 101 Å². The molecule has 0 aromatic carbocycles. The standard InChI is InChI=1S/C16H23F13O2Si/c1-6-32(30-9(2)3,31-10(4)5)16(28,29)15(26,27)14(24,25)13(22,23)11(17,18)7-8-12(19,20)21/h9-10H,6-8H2,1-5H3. The Labute approximate surface area is 176 Å². The van der Waals surface area contributed by atoms with Crippen LogP contribution in [0.15, 0.2) is 0 Å². The van der Waals surface area contributed by atoms with Gasteiger partial charge in [0.25, 0.3) is 0 Å². The Bertz CT molecular complexity index is 608. The van der Waals surface area contributed by atoms with Gasteiger partial charge in [-0.15, -0.1) is 0 Å². The van der Waals surface area contributed by atoms with Gasteiger partial charge in [-0.1, -0.05) is 6.92 Å². The minimum Gasteiger partial charge on any atom is -0.388 e. The predicted octanol–water partition coefficient (Wildman–Crippen LogP) is 7.36. The van der Waals surface area contributed by atoms with Crippen LogP contribution < -0.4 is 0 Å². The summed E-state index contributed by atoms with van der Waals surface area (Å²) in [7, 11) is -5.88. The maximum absolute atomic E-state index is 14.9. The number of rotatable bonds is 12. The fourth-order valence-electron chi connectivity index (χ4n) is 2.64. The van der Waals surface area contributed by atoms with Crippen molar-refractivity contribution in [3.8, 4) is 0 Å². The fraction of sp³-hybridized carbons (Fsp3) is 1.00. The zero-order valence-corrected chi connectivity index (χ0v) is 18.5. The second-order valence-corrected chi connectivity index (χ2v) is 10.9. The Morgan fingerprint density at radius 3 is 1.25 bits per heavy atom. The lowest BCUT2D eigenvalue weighted by Crippen LogP contribution is -2.75. The molecule has 0 aliphatic rings. The fourth-order valence-corrected chi connectivity index (χ4v) is 5.93. The maximum Gasteiger partial charge on any atom is 0.422 e. The third-order valence-electron chi connectivity index (χ3n) is 4.16. The Balaban J connectivity index is 6.60. The van der Waals surface area contributed by atoms with Gasteiger partial charge >= 0.3 is 44.0 Å². The van der Waals surface area contributed by atoms with Gasteiger partial charge in [-0.2, -0.15) is 57.1 Å². The Hall–Kier alpha value is -0.773. The van der Waals surface area contributed by atoms with Crippen LogP contribution in [0.4, 0.5) is 57.1 Å². The lowest BCUT2D eigenvalue weighted by molar-refractivity contribution is -0.395. The van der Waals surface area contributed by atoms with Crippen molar-refractivity contribution in [2.24, 2.45) is 0 Å². The molecule has 32 heavy (non-hydrogen) atoms. The largest absolute Gasteiger partial charge is 0.422 e. The molecule has 0 spiro atoms. The van der Waals surface area contributed by atoms with E-state index in [1.165, 1.54) is 0 Å². The second-order valence-electron chi connectivity index (χ2n) is 7.56. The van der Waals surface area contributed by atoms with E-state index >= 15 is 0 Å². The molecule has 0 amide bonds. The van der Waals surface area contributed by atoms with E-state index in [1.807, 2.05) is 0 Å². The van der Waals surface area contributed by atoms with Crippen LogP contribution in [0.25, 0.3) is 0 Å². The quantitative estimate of drug-likeness (QED) is 0.197. The van der Waals surface area contributed by atoms with Gasteiger partial charge in [-0.3, -0.25) is 0 Å². The van der Waals surface area contributed by atoms with Gasteiger partial charge in [0.15, 0.2) is 0 Å². The highest BCUT2D eigenvalue weighted by Gasteiger charge is 2.90. The van der Waals surface area contributed by atoms with Crippen LogP contribution in [0.5, 0.6) is 0 Å². The predicted molar refractivity (Wildman–Crippen MR) is 88.7 cm³/mol. The van der Waals surface area contributed by atoms with Crippen LogP contribution in [-0.4, -0.2) is 56.2 Å². The number of alkyl halides is 13. The molecule has 0 bridgehead atoms. The van der Waals surface area contributed by atoms with Crippen LogP contribution in [0.1, 0.15) is 47.5 Å². The van der Waals surface area contributed by atoms with Gasteiger partial charge < -0.3 is 8.85 Å². The summed E-state index contributed by atoms with van der Waals surface area (Å²) < 4.78 is 187. The third kappa shape index (κ3) is 5.65. The molecule has 0 aliphatic heterocycles. The Morgan fingerprint density at radius 2 is 0.969 bits per heavy atom. The first-order chi connectivity index (χ1) is 13.9. The normalized spacial score (nSPS) is 15.8. The van der Waals surface area contributed by atoms with Crippen LogP contribution >= 0.6 is 0 Å². The van der Waals surface area contributed by atoms with Crippen molar-refractivity contribution >= 4 is 8.56 Å². The van der Waals surface area contributed by atoms with E-state index in [4.69, 9.17) is 8.85 Å². The van der Waals surface area contributed by atoms with Crippen molar-refractivity contribution in [1.82, 2.24) is 0 Å². The van der Waals surface area contributed by atoms with Crippen LogP contribution in [0.3, 0.4) is 0 Å². The Kier molecular flexibility index (Phi) is 9.24. The molecule has 0 aliphatic carbocycles. The van der Waals surface area contributed by atoms with Crippen molar-refractivity contribution in [3.05, 3.63) is 0 Å². The molecule has 0 radical (unpaired) electrons. The van der Waals surface area contributed by atoms with Crippen LogP contribution in [0, 0.1) is 0 Å². The highest BCUT2D eigenvalue weighted by Crippen LogP contribution is 2.60. The van der Waals surface area contributed by atoms with Crippen LogP contribution in [0.2, 0.25) is 6.04 Å². The average molecular weight is 522 g/mol. The monoisotopic (exact) mass is 522 g/mol. The molecule has 0 aromatic heterocycles. The van der Waals surface area contributed by atoms with Gasteiger partial charge in [-0.05, 0) is 33.7 Å². The molecule has 0 unspecified atom stereocenters. The molecule has 2 nitrogen and oxygen atoms in total.